The van der Waals surface area contributed by atoms with Gasteiger partial charge in [0.05, 0.1) is 0 Å². The number of aliphatic hydroxyl groups excluding tert-OH is 1. The minimum atomic E-state index is -1.79. The molecule has 1 aromatic heterocycles. The van der Waals surface area contributed by atoms with Gasteiger partial charge in [-0.1, -0.05) is 6.58 Å². The lowest BCUT2D eigenvalue weighted by atomic mass is 10.2. The topological polar surface area (TPSA) is 73.5 Å². The standard InChI is InChI=1S/C10H11FN2O4/c1-5-8(15)7(11)9(17-5)13-4-3-6(14)12(2)10(13)16/h3-4,7-9,15H,1H2,2H3/t7-,8-,9-/m1/s1. The maximum absolute atomic E-state index is 13.6. The summed E-state index contributed by atoms with van der Waals surface area (Å²) in [5.41, 5.74) is -1.22. The van der Waals surface area contributed by atoms with Crippen LogP contribution in [0.3, 0.4) is 0 Å². The van der Waals surface area contributed by atoms with Gasteiger partial charge in [0, 0.05) is 19.3 Å². The first-order chi connectivity index (χ1) is 7.93. The van der Waals surface area contributed by atoms with E-state index < -0.39 is 29.8 Å². The van der Waals surface area contributed by atoms with Crippen molar-refractivity contribution in [1.82, 2.24) is 9.13 Å². The Labute approximate surface area is 95.2 Å². The largest absolute Gasteiger partial charge is 0.469 e. The summed E-state index contributed by atoms with van der Waals surface area (Å²) in [5, 5.41) is 9.33. The summed E-state index contributed by atoms with van der Waals surface area (Å²) >= 11 is 0. The second-order valence-electron chi connectivity index (χ2n) is 3.77. The van der Waals surface area contributed by atoms with E-state index in [1.54, 1.807) is 0 Å². The molecular weight excluding hydrogens is 231 g/mol. The van der Waals surface area contributed by atoms with E-state index in [4.69, 9.17) is 4.74 Å². The van der Waals surface area contributed by atoms with Crippen molar-refractivity contribution >= 4 is 0 Å². The second kappa shape index (κ2) is 3.85. The average Bonchev–Trinajstić information content (AvgIpc) is 2.54. The number of alkyl halides is 1. The zero-order valence-corrected chi connectivity index (χ0v) is 9.04. The average molecular weight is 242 g/mol. The molecule has 3 atom stereocenters. The Kier molecular flexibility index (Phi) is 2.62. The molecule has 1 N–H and O–H groups in total. The molecule has 0 bridgehead atoms. The highest BCUT2D eigenvalue weighted by atomic mass is 19.1. The van der Waals surface area contributed by atoms with E-state index >= 15 is 0 Å². The molecule has 1 saturated heterocycles. The van der Waals surface area contributed by atoms with Crippen LogP contribution in [0.4, 0.5) is 4.39 Å². The Morgan fingerprint density at radius 2 is 2.18 bits per heavy atom. The van der Waals surface area contributed by atoms with Gasteiger partial charge in [0.1, 0.15) is 11.9 Å². The summed E-state index contributed by atoms with van der Waals surface area (Å²) < 4.78 is 20.4. The summed E-state index contributed by atoms with van der Waals surface area (Å²) in [7, 11) is 1.27. The van der Waals surface area contributed by atoms with Crippen LogP contribution in [0.5, 0.6) is 0 Å². The Morgan fingerprint density at radius 1 is 1.53 bits per heavy atom. The number of halogens is 1. The van der Waals surface area contributed by atoms with Crippen molar-refractivity contribution in [3.8, 4) is 0 Å². The van der Waals surface area contributed by atoms with Crippen LogP contribution in [-0.2, 0) is 11.8 Å². The molecule has 1 aliphatic heterocycles. The molecule has 0 saturated carbocycles. The number of aliphatic hydroxyl groups is 1. The minimum Gasteiger partial charge on any atom is -0.469 e. The quantitative estimate of drug-likeness (QED) is 0.706. The van der Waals surface area contributed by atoms with Gasteiger partial charge in [0.2, 0.25) is 6.23 Å². The molecule has 0 radical (unpaired) electrons. The van der Waals surface area contributed by atoms with E-state index in [0.29, 0.717) is 0 Å². The Bertz CT molecular complexity index is 576. The molecule has 0 amide bonds. The van der Waals surface area contributed by atoms with Gasteiger partial charge in [-0.3, -0.25) is 13.9 Å². The third kappa shape index (κ3) is 1.68. The molecule has 0 unspecified atom stereocenters. The van der Waals surface area contributed by atoms with Gasteiger partial charge in [-0.15, -0.1) is 0 Å². The van der Waals surface area contributed by atoms with Crippen molar-refractivity contribution in [3.05, 3.63) is 45.4 Å². The van der Waals surface area contributed by atoms with Crippen LogP contribution in [0, 0.1) is 0 Å². The molecule has 0 spiro atoms. The van der Waals surface area contributed by atoms with Gasteiger partial charge in [0.25, 0.3) is 5.56 Å². The lowest BCUT2D eigenvalue weighted by molar-refractivity contribution is 0.0332. The molecule has 92 valence electrons. The van der Waals surface area contributed by atoms with Crippen LogP contribution in [0.1, 0.15) is 6.23 Å². The van der Waals surface area contributed by atoms with Gasteiger partial charge >= 0.3 is 5.69 Å². The van der Waals surface area contributed by atoms with E-state index in [-0.39, 0.29) is 5.76 Å². The van der Waals surface area contributed by atoms with Crippen LogP contribution in [0.15, 0.2) is 34.2 Å². The number of hydrogen-bond donors (Lipinski definition) is 1. The second-order valence-corrected chi connectivity index (χ2v) is 3.77. The summed E-state index contributed by atoms with van der Waals surface area (Å²) in [6.07, 6.45) is -3.42. The highest BCUT2D eigenvalue weighted by Crippen LogP contribution is 2.31. The lowest BCUT2D eigenvalue weighted by Gasteiger charge is -2.15. The molecule has 6 nitrogen and oxygen atoms in total. The molecule has 2 rings (SSSR count). The Balaban J connectivity index is 2.50. The molecule has 2 heterocycles. The van der Waals surface area contributed by atoms with Crippen LogP contribution >= 0.6 is 0 Å². The van der Waals surface area contributed by atoms with Crippen LogP contribution in [0.2, 0.25) is 0 Å². The van der Waals surface area contributed by atoms with Gasteiger partial charge in [-0.25, -0.2) is 9.18 Å². The van der Waals surface area contributed by atoms with Crippen molar-refractivity contribution < 1.29 is 14.2 Å². The van der Waals surface area contributed by atoms with E-state index in [1.807, 2.05) is 0 Å². The number of nitrogens with zero attached hydrogens (tertiary/aromatic N) is 2. The minimum absolute atomic E-state index is 0.136. The molecule has 0 aromatic carbocycles. The predicted octanol–water partition coefficient (Wildman–Crippen LogP) is -0.712. The molecule has 7 heteroatoms. The Morgan fingerprint density at radius 3 is 2.71 bits per heavy atom. The van der Waals surface area contributed by atoms with E-state index in [2.05, 4.69) is 6.58 Å². The van der Waals surface area contributed by atoms with Crippen molar-refractivity contribution in [2.24, 2.45) is 7.05 Å². The normalized spacial score (nSPS) is 28.2. The fourth-order valence-corrected chi connectivity index (χ4v) is 1.61. The molecule has 1 aliphatic rings. The van der Waals surface area contributed by atoms with Crippen molar-refractivity contribution in [1.29, 1.82) is 0 Å². The predicted molar refractivity (Wildman–Crippen MR) is 56.1 cm³/mol. The van der Waals surface area contributed by atoms with Crippen LogP contribution < -0.4 is 11.2 Å². The maximum atomic E-state index is 13.6. The number of aromatic nitrogens is 2. The highest BCUT2D eigenvalue weighted by molar-refractivity contribution is 5.05. The summed E-state index contributed by atoms with van der Waals surface area (Å²) in [6.45, 7) is 3.33. The van der Waals surface area contributed by atoms with E-state index in [0.717, 1.165) is 21.4 Å². The molecule has 1 fully saturated rings. The van der Waals surface area contributed by atoms with E-state index in [1.165, 1.54) is 7.05 Å². The third-order valence-electron chi connectivity index (χ3n) is 2.67. The smallest absolute Gasteiger partial charge is 0.333 e. The summed E-state index contributed by atoms with van der Waals surface area (Å²) in [4.78, 5) is 22.9. The lowest BCUT2D eigenvalue weighted by Crippen LogP contribution is -2.40. The van der Waals surface area contributed by atoms with Gasteiger partial charge < -0.3 is 9.84 Å². The number of hydrogen-bond acceptors (Lipinski definition) is 4. The first-order valence-corrected chi connectivity index (χ1v) is 4.89. The van der Waals surface area contributed by atoms with Gasteiger partial charge in [-0.05, 0) is 0 Å². The maximum Gasteiger partial charge on any atom is 0.333 e. The molecule has 17 heavy (non-hydrogen) atoms. The molecular formula is C10H11FN2O4. The van der Waals surface area contributed by atoms with Gasteiger partial charge in [0.15, 0.2) is 6.17 Å². The zero-order valence-electron chi connectivity index (χ0n) is 9.04. The molecule has 0 aliphatic carbocycles. The van der Waals surface area contributed by atoms with Crippen molar-refractivity contribution in [3.63, 3.8) is 0 Å². The number of rotatable bonds is 1. The van der Waals surface area contributed by atoms with Crippen LogP contribution in [-0.4, -0.2) is 26.5 Å². The summed E-state index contributed by atoms with van der Waals surface area (Å²) in [5.74, 6) is -0.136. The third-order valence-corrected chi connectivity index (χ3v) is 2.67. The van der Waals surface area contributed by atoms with Crippen molar-refractivity contribution in [2.45, 2.75) is 18.5 Å². The summed E-state index contributed by atoms with van der Waals surface area (Å²) in [6, 6.07) is 1.12. The van der Waals surface area contributed by atoms with Crippen LogP contribution in [0.25, 0.3) is 0 Å². The number of ether oxygens (including phenoxy) is 1. The first-order valence-electron chi connectivity index (χ1n) is 4.89. The SMILES string of the molecule is C=C1O[C@@H](n2ccc(=O)n(C)c2=O)[C@H](F)[C@@H]1O. The fraction of sp³-hybridized carbons (Fsp3) is 0.400. The monoisotopic (exact) mass is 242 g/mol. The Hall–Kier alpha value is -1.89. The van der Waals surface area contributed by atoms with Crippen molar-refractivity contribution in [2.75, 3.05) is 0 Å². The fourth-order valence-electron chi connectivity index (χ4n) is 1.61. The highest BCUT2D eigenvalue weighted by Gasteiger charge is 2.42. The van der Waals surface area contributed by atoms with Gasteiger partial charge in [-0.2, -0.15) is 0 Å². The zero-order chi connectivity index (χ0) is 12.7. The van der Waals surface area contributed by atoms with E-state index in [9.17, 15) is 19.1 Å². The first kappa shape index (κ1) is 11.6. The molecule has 1 aromatic rings.